The van der Waals surface area contributed by atoms with Gasteiger partial charge in [-0.2, -0.15) is 0 Å². The highest BCUT2D eigenvalue weighted by Gasteiger charge is 2.14. The van der Waals surface area contributed by atoms with Crippen LogP contribution in [0.1, 0.15) is 34.6 Å². The number of benzene rings is 2. The van der Waals surface area contributed by atoms with E-state index in [4.69, 9.17) is 21.1 Å². The predicted molar refractivity (Wildman–Crippen MR) is 108 cm³/mol. The number of carbonyl (C=O) groups excluding carboxylic acids is 2. The van der Waals surface area contributed by atoms with Crippen molar-refractivity contribution >= 4 is 46.0 Å². The zero-order valence-electron chi connectivity index (χ0n) is 14.4. The van der Waals surface area contributed by atoms with Crippen LogP contribution in [0.4, 0.5) is 0 Å². The van der Waals surface area contributed by atoms with Crippen LogP contribution in [-0.4, -0.2) is 25.0 Å². The topological polar surface area (TPSA) is 76.7 Å². The summed E-state index contributed by atoms with van der Waals surface area (Å²) in [5.74, 6) is 0.0617. The summed E-state index contributed by atoms with van der Waals surface area (Å²) >= 11 is 7.88. The molecule has 2 amide bonds. The van der Waals surface area contributed by atoms with Gasteiger partial charge < -0.3 is 9.47 Å². The van der Waals surface area contributed by atoms with E-state index in [1.807, 2.05) is 36.4 Å². The minimum Gasteiger partial charge on any atom is -0.493 e. The maximum Gasteiger partial charge on any atom is 0.270 e. The molecular formula is C18H18ClIN2O4. The molecule has 0 saturated heterocycles. The Morgan fingerprint density at radius 3 is 2.35 bits per heavy atom. The van der Waals surface area contributed by atoms with Crippen LogP contribution in [0.15, 0.2) is 36.4 Å². The fraction of sp³-hybridized carbons (Fsp3) is 0.222. The van der Waals surface area contributed by atoms with Gasteiger partial charge in [-0.15, -0.1) is 0 Å². The average molecular weight is 489 g/mol. The van der Waals surface area contributed by atoms with Crippen LogP contribution >= 0.6 is 34.2 Å². The number of carbonyl (C=O) groups is 2. The monoisotopic (exact) mass is 488 g/mol. The molecule has 0 aliphatic heterocycles. The van der Waals surface area contributed by atoms with Gasteiger partial charge in [0, 0.05) is 14.2 Å². The molecule has 6 nitrogen and oxygen atoms in total. The van der Waals surface area contributed by atoms with E-state index in [9.17, 15) is 9.59 Å². The molecule has 0 atom stereocenters. The fourth-order valence-electron chi connectivity index (χ4n) is 2.09. The summed E-state index contributed by atoms with van der Waals surface area (Å²) in [5, 5.41) is 0.533. The zero-order chi connectivity index (χ0) is 19.3. The van der Waals surface area contributed by atoms with E-state index in [0.717, 1.165) is 0 Å². The molecule has 8 heteroatoms. The molecule has 2 N–H and O–H groups in total. The average Bonchev–Trinajstić information content (AvgIpc) is 2.59. The minimum atomic E-state index is -0.475. The Morgan fingerprint density at radius 2 is 1.73 bits per heavy atom. The molecule has 2 aromatic carbocycles. The maximum absolute atomic E-state index is 12.3. The summed E-state index contributed by atoms with van der Waals surface area (Å²) in [6, 6.07) is 9.65. The molecule has 0 fully saturated rings. The Bertz CT molecular complexity index is 827. The summed E-state index contributed by atoms with van der Waals surface area (Å²) in [6.07, 6.45) is -0.0234. The first-order chi connectivity index (χ1) is 12.3. The van der Waals surface area contributed by atoms with Crippen LogP contribution in [0.2, 0.25) is 5.02 Å². The Balaban J connectivity index is 2.06. The number of halogens is 2. The molecule has 0 aliphatic rings. The highest BCUT2D eigenvalue weighted by molar-refractivity contribution is 14.1. The zero-order valence-corrected chi connectivity index (χ0v) is 17.3. The molecule has 0 saturated carbocycles. The quantitative estimate of drug-likeness (QED) is 0.496. The van der Waals surface area contributed by atoms with Crippen molar-refractivity contribution in [2.45, 2.75) is 20.0 Å². The third-order valence-corrected chi connectivity index (χ3v) is 4.38. The van der Waals surface area contributed by atoms with E-state index in [1.54, 1.807) is 36.4 Å². The Labute approximate surface area is 170 Å². The molecule has 26 heavy (non-hydrogen) atoms. The summed E-state index contributed by atoms with van der Waals surface area (Å²) in [4.78, 5) is 24.5. The van der Waals surface area contributed by atoms with Gasteiger partial charge in [0.2, 0.25) is 0 Å². The molecule has 0 aliphatic carbocycles. The van der Waals surface area contributed by atoms with Crippen molar-refractivity contribution in [1.29, 1.82) is 0 Å². The third kappa shape index (κ3) is 5.25. The maximum atomic E-state index is 12.3. The molecular weight excluding hydrogens is 471 g/mol. The van der Waals surface area contributed by atoms with Crippen molar-refractivity contribution in [3.05, 3.63) is 56.1 Å². The summed E-state index contributed by atoms with van der Waals surface area (Å²) < 4.78 is 11.5. The molecule has 138 valence electrons. The number of methoxy groups -OCH3 is 1. The first-order valence-corrected chi connectivity index (χ1v) is 9.18. The SMILES string of the molecule is COc1cc(C(=O)NNC(=O)c2ccc(Cl)cc2I)ccc1OC(C)C. The number of nitrogens with one attached hydrogen (secondary N) is 2. The number of amides is 2. The van der Waals surface area contributed by atoms with E-state index < -0.39 is 11.8 Å². The van der Waals surface area contributed by atoms with E-state index in [0.29, 0.717) is 31.2 Å². The molecule has 0 radical (unpaired) electrons. The Kier molecular flexibility index (Phi) is 7.10. The summed E-state index contributed by atoms with van der Waals surface area (Å²) in [5.41, 5.74) is 5.50. The fourth-order valence-corrected chi connectivity index (χ4v) is 3.20. The van der Waals surface area contributed by atoms with Gasteiger partial charge in [-0.05, 0) is 72.8 Å². The molecule has 0 bridgehead atoms. The van der Waals surface area contributed by atoms with Crippen LogP contribution in [0.5, 0.6) is 11.5 Å². The number of hydrogen-bond donors (Lipinski definition) is 2. The van der Waals surface area contributed by atoms with E-state index in [2.05, 4.69) is 10.9 Å². The number of hydrogen-bond acceptors (Lipinski definition) is 4. The van der Waals surface area contributed by atoms with Crippen LogP contribution in [0.25, 0.3) is 0 Å². The van der Waals surface area contributed by atoms with Gasteiger partial charge in [-0.3, -0.25) is 20.4 Å². The normalized spacial score (nSPS) is 10.4. The first-order valence-electron chi connectivity index (χ1n) is 7.72. The van der Waals surface area contributed by atoms with Gasteiger partial charge in [-0.1, -0.05) is 11.6 Å². The number of hydrazine groups is 1. The molecule has 0 heterocycles. The van der Waals surface area contributed by atoms with Gasteiger partial charge in [0.25, 0.3) is 11.8 Å². The Morgan fingerprint density at radius 1 is 1.04 bits per heavy atom. The van der Waals surface area contributed by atoms with E-state index >= 15 is 0 Å². The lowest BCUT2D eigenvalue weighted by atomic mass is 10.2. The molecule has 0 unspecified atom stereocenters. The summed E-state index contributed by atoms with van der Waals surface area (Å²) in [7, 11) is 1.49. The predicted octanol–water partition coefficient (Wildman–Crippen LogP) is 3.82. The highest BCUT2D eigenvalue weighted by Crippen LogP contribution is 2.28. The standard InChI is InChI=1S/C18H18ClIN2O4/c1-10(2)26-15-7-4-11(8-16(15)25-3)17(23)21-22-18(24)13-6-5-12(19)9-14(13)20/h4-10H,1-3H3,(H,21,23)(H,22,24). The highest BCUT2D eigenvalue weighted by atomic mass is 127. The van der Waals surface area contributed by atoms with Gasteiger partial charge in [0.05, 0.1) is 18.8 Å². The molecule has 0 spiro atoms. The van der Waals surface area contributed by atoms with Crippen LogP contribution < -0.4 is 20.3 Å². The lowest BCUT2D eigenvalue weighted by molar-refractivity contribution is 0.0846. The summed E-state index contributed by atoms with van der Waals surface area (Å²) in [6.45, 7) is 3.79. The smallest absolute Gasteiger partial charge is 0.270 e. The molecule has 2 aromatic rings. The minimum absolute atomic E-state index is 0.0234. The van der Waals surface area contributed by atoms with Crippen molar-refractivity contribution in [3.63, 3.8) is 0 Å². The van der Waals surface area contributed by atoms with Crippen molar-refractivity contribution in [2.75, 3.05) is 7.11 Å². The van der Waals surface area contributed by atoms with Crippen molar-refractivity contribution < 1.29 is 19.1 Å². The Hall–Kier alpha value is -2.00. The second-order valence-electron chi connectivity index (χ2n) is 5.56. The van der Waals surface area contributed by atoms with Crippen molar-refractivity contribution in [2.24, 2.45) is 0 Å². The largest absolute Gasteiger partial charge is 0.493 e. The second-order valence-corrected chi connectivity index (χ2v) is 7.16. The van der Waals surface area contributed by atoms with Crippen LogP contribution in [0, 0.1) is 3.57 Å². The van der Waals surface area contributed by atoms with Crippen LogP contribution in [0.3, 0.4) is 0 Å². The number of rotatable bonds is 5. The van der Waals surface area contributed by atoms with Crippen molar-refractivity contribution in [3.8, 4) is 11.5 Å². The third-order valence-electron chi connectivity index (χ3n) is 3.25. The lowest BCUT2D eigenvalue weighted by Crippen LogP contribution is -2.41. The molecule has 2 rings (SSSR count). The van der Waals surface area contributed by atoms with E-state index in [1.165, 1.54) is 7.11 Å². The van der Waals surface area contributed by atoms with Crippen LogP contribution in [-0.2, 0) is 0 Å². The van der Waals surface area contributed by atoms with Crippen molar-refractivity contribution in [1.82, 2.24) is 10.9 Å². The molecule has 0 aromatic heterocycles. The second kappa shape index (κ2) is 9.09. The van der Waals surface area contributed by atoms with Gasteiger partial charge in [0.1, 0.15) is 0 Å². The first kappa shape index (κ1) is 20.3. The van der Waals surface area contributed by atoms with Gasteiger partial charge >= 0.3 is 0 Å². The van der Waals surface area contributed by atoms with Gasteiger partial charge in [-0.25, -0.2) is 0 Å². The lowest BCUT2D eigenvalue weighted by Gasteiger charge is -2.14. The van der Waals surface area contributed by atoms with E-state index in [-0.39, 0.29) is 6.10 Å². The van der Waals surface area contributed by atoms with Gasteiger partial charge in [0.15, 0.2) is 11.5 Å². The number of ether oxygens (including phenoxy) is 2.